The van der Waals surface area contributed by atoms with Crippen LogP contribution in [0, 0.1) is 0 Å². The van der Waals surface area contributed by atoms with E-state index in [1.54, 1.807) is 0 Å². The number of pyridine rings is 1. The van der Waals surface area contributed by atoms with E-state index in [0.29, 0.717) is 6.61 Å². The van der Waals surface area contributed by atoms with Gasteiger partial charge in [-0.2, -0.15) is 5.10 Å². The van der Waals surface area contributed by atoms with Crippen molar-refractivity contribution < 1.29 is 9.84 Å². The first-order valence-corrected chi connectivity index (χ1v) is 8.52. The molecule has 0 saturated heterocycles. The van der Waals surface area contributed by atoms with Crippen LogP contribution in [0.1, 0.15) is 12.0 Å². The van der Waals surface area contributed by atoms with E-state index in [4.69, 9.17) is 9.84 Å². The fraction of sp³-hybridized carbons (Fsp3) is 0.200. The summed E-state index contributed by atoms with van der Waals surface area (Å²) in [7, 11) is 1.93. The number of fused-ring (bicyclic) bond motifs is 1. The Morgan fingerprint density at radius 3 is 2.77 bits per heavy atom. The van der Waals surface area contributed by atoms with Crippen LogP contribution in [-0.2, 0) is 0 Å². The lowest BCUT2D eigenvalue weighted by atomic mass is 10.1. The molecule has 3 aromatic rings. The van der Waals surface area contributed by atoms with Crippen LogP contribution < -0.4 is 4.74 Å². The molecule has 2 aromatic heterocycles. The third kappa shape index (κ3) is 3.19. The van der Waals surface area contributed by atoms with Gasteiger partial charge in [-0.15, -0.1) is 0 Å². The second-order valence-corrected chi connectivity index (χ2v) is 6.11. The summed E-state index contributed by atoms with van der Waals surface area (Å²) in [5, 5.41) is 14.9. The first-order valence-electron chi connectivity index (χ1n) is 8.52. The lowest BCUT2D eigenvalue weighted by Crippen LogP contribution is -2.08. The number of nitrogens with zero attached hydrogens (tertiary/aromatic N) is 4. The molecule has 1 aliphatic rings. The highest BCUT2D eigenvalue weighted by Crippen LogP contribution is 2.26. The van der Waals surface area contributed by atoms with Gasteiger partial charge in [0.1, 0.15) is 18.0 Å². The van der Waals surface area contributed by atoms with Gasteiger partial charge in [0, 0.05) is 37.6 Å². The number of hydrogen-bond acceptors (Lipinski definition) is 5. The van der Waals surface area contributed by atoms with Crippen molar-refractivity contribution in [3.63, 3.8) is 0 Å². The Bertz CT molecular complexity index is 973. The third-order valence-corrected chi connectivity index (χ3v) is 4.31. The summed E-state index contributed by atoms with van der Waals surface area (Å²) >= 11 is 0. The highest BCUT2D eigenvalue weighted by Gasteiger charge is 2.10. The zero-order chi connectivity index (χ0) is 17.9. The molecule has 0 bridgehead atoms. The monoisotopic (exact) mass is 348 g/mol. The number of aromatic nitrogens is 2. The van der Waals surface area contributed by atoms with Crippen LogP contribution in [0.3, 0.4) is 0 Å². The number of imidazole rings is 1. The maximum atomic E-state index is 8.83. The molecule has 0 spiro atoms. The molecule has 0 aliphatic carbocycles. The van der Waals surface area contributed by atoms with Crippen LogP contribution >= 0.6 is 0 Å². The van der Waals surface area contributed by atoms with Gasteiger partial charge in [-0.25, -0.2) is 4.98 Å². The SMILES string of the molecule is CN1C=C(c2ccn3c(-c4ccc(OCCO)cc4)cnc3c2)CC=N1. The van der Waals surface area contributed by atoms with Gasteiger partial charge in [0.05, 0.1) is 18.5 Å². The van der Waals surface area contributed by atoms with Crippen molar-refractivity contribution in [2.45, 2.75) is 6.42 Å². The zero-order valence-corrected chi connectivity index (χ0v) is 14.5. The third-order valence-electron chi connectivity index (χ3n) is 4.31. The maximum absolute atomic E-state index is 8.83. The smallest absolute Gasteiger partial charge is 0.137 e. The Balaban J connectivity index is 1.63. The second kappa shape index (κ2) is 7.01. The van der Waals surface area contributed by atoms with E-state index in [-0.39, 0.29) is 6.61 Å². The molecule has 0 unspecified atom stereocenters. The Labute approximate surface area is 151 Å². The average molecular weight is 348 g/mol. The standard InChI is InChI=1S/C20H20N4O2/c1-23-14-17(6-8-22-23)16-7-9-24-19(13-21-20(24)12-16)15-2-4-18(5-3-15)26-11-10-25/h2-5,7-9,12-14,25H,6,10-11H2,1H3. The molecule has 1 N–H and O–H groups in total. The average Bonchev–Trinajstić information content (AvgIpc) is 3.10. The first-order chi connectivity index (χ1) is 12.7. The molecule has 0 amide bonds. The van der Waals surface area contributed by atoms with E-state index in [1.807, 2.05) is 54.9 Å². The van der Waals surface area contributed by atoms with Crippen molar-refractivity contribution in [3.8, 4) is 17.0 Å². The maximum Gasteiger partial charge on any atom is 0.137 e. The molecule has 132 valence electrons. The van der Waals surface area contributed by atoms with E-state index >= 15 is 0 Å². The molecule has 0 radical (unpaired) electrons. The van der Waals surface area contributed by atoms with Crippen LogP contribution in [0.25, 0.3) is 22.5 Å². The van der Waals surface area contributed by atoms with Crippen molar-refractivity contribution in [1.82, 2.24) is 14.4 Å². The number of aliphatic hydroxyl groups is 1. The fourth-order valence-electron chi connectivity index (χ4n) is 3.05. The van der Waals surface area contributed by atoms with Crippen LogP contribution in [0.4, 0.5) is 0 Å². The van der Waals surface area contributed by atoms with Gasteiger partial charge >= 0.3 is 0 Å². The van der Waals surface area contributed by atoms with Crippen molar-refractivity contribution in [2.75, 3.05) is 20.3 Å². The summed E-state index contributed by atoms with van der Waals surface area (Å²) in [6, 6.07) is 12.0. The van der Waals surface area contributed by atoms with Crippen molar-refractivity contribution in [2.24, 2.45) is 5.10 Å². The Morgan fingerprint density at radius 2 is 2.00 bits per heavy atom. The molecule has 6 heteroatoms. The Kier molecular flexibility index (Phi) is 4.41. The fourth-order valence-corrected chi connectivity index (χ4v) is 3.05. The normalized spacial score (nSPS) is 13.9. The molecular formula is C20H20N4O2. The summed E-state index contributed by atoms with van der Waals surface area (Å²) in [6.07, 6.45) is 8.71. The van der Waals surface area contributed by atoms with E-state index < -0.39 is 0 Å². The topological polar surface area (TPSA) is 62.4 Å². The summed E-state index contributed by atoms with van der Waals surface area (Å²) in [5.74, 6) is 0.744. The molecule has 0 fully saturated rings. The van der Waals surface area contributed by atoms with Gasteiger partial charge in [0.15, 0.2) is 0 Å². The second-order valence-electron chi connectivity index (χ2n) is 6.11. The molecule has 4 rings (SSSR count). The van der Waals surface area contributed by atoms with Crippen LogP contribution in [0.2, 0.25) is 0 Å². The van der Waals surface area contributed by atoms with Gasteiger partial charge in [-0.3, -0.25) is 9.41 Å². The van der Waals surface area contributed by atoms with E-state index in [9.17, 15) is 0 Å². The number of hydrogen-bond donors (Lipinski definition) is 1. The number of allylic oxidation sites excluding steroid dienone is 1. The van der Waals surface area contributed by atoms with Gasteiger partial charge in [-0.05, 0) is 47.5 Å². The number of aliphatic hydroxyl groups excluding tert-OH is 1. The molecule has 26 heavy (non-hydrogen) atoms. The van der Waals surface area contributed by atoms with Gasteiger partial charge < -0.3 is 9.84 Å². The largest absolute Gasteiger partial charge is 0.491 e. The van der Waals surface area contributed by atoms with Crippen molar-refractivity contribution >= 4 is 17.4 Å². The summed E-state index contributed by atoms with van der Waals surface area (Å²) in [5.41, 5.74) is 5.37. The molecule has 0 atom stereocenters. The minimum absolute atomic E-state index is 0.00935. The molecule has 1 aliphatic heterocycles. The lowest BCUT2D eigenvalue weighted by molar-refractivity contribution is 0.201. The first kappa shape index (κ1) is 16.4. The predicted molar refractivity (Wildman–Crippen MR) is 102 cm³/mol. The Hall–Kier alpha value is -3.12. The van der Waals surface area contributed by atoms with E-state index in [2.05, 4.69) is 32.8 Å². The van der Waals surface area contributed by atoms with E-state index in [1.165, 1.54) is 5.57 Å². The Morgan fingerprint density at radius 1 is 1.15 bits per heavy atom. The zero-order valence-electron chi connectivity index (χ0n) is 14.5. The minimum atomic E-state index is 0.00935. The predicted octanol–water partition coefficient (Wildman–Crippen LogP) is 3.03. The van der Waals surface area contributed by atoms with Crippen LogP contribution in [0.15, 0.2) is 60.1 Å². The summed E-state index contributed by atoms with van der Waals surface area (Å²) in [4.78, 5) is 4.57. The van der Waals surface area contributed by atoms with Crippen molar-refractivity contribution in [3.05, 3.63) is 60.6 Å². The molecule has 3 heterocycles. The minimum Gasteiger partial charge on any atom is -0.491 e. The number of hydrazone groups is 1. The number of ether oxygens (including phenoxy) is 1. The summed E-state index contributed by atoms with van der Waals surface area (Å²) in [6.45, 7) is 0.308. The summed E-state index contributed by atoms with van der Waals surface area (Å²) < 4.78 is 7.49. The number of rotatable bonds is 5. The van der Waals surface area contributed by atoms with Gasteiger partial charge in [0.25, 0.3) is 0 Å². The molecule has 1 aromatic carbocycles. The van der Waals surface area contributed by atoms with Gasteiger partial charge in [0.2, 0.25) is 0 Å². The highest BCUT2D eigenvalue weighted by atomic mass is 16.5. The van der Waals surface area contributed by atoms with Crippen molar-refractivity contribution in [1.29, 1.82) is 0 Å². The van der Waals surface area contributed by atoms with Crippen LogP contribution in [0.5, 0.6) is 5.75 Å². The van der Waals surface area contributed by atoms with E-state index in [0.717, 1.165) is 34.6 Å². The van der Waals surface area contributed by atoms with Gasteiger partial charge in [-0.1, -0.05) is 0 Å². The molecule has 6 nitrogen and oxygen atoms in total. The lowest BCUT2D eigenvalue weighted by Gasteiger charge is -2.16. The number of benzene rings is 1. The highest BCUT2D eigenvalue weighted by molar-refractivity contribution is 5.82. The van der Waals surface area contributed by atoms with Crippen LogP contribution in [-0.4, -0.2) is 46.0 Å². The molecule has 0 saturated carbocycles. The quantitative estimate of drug-likeness (QED) is 0.770. The molecular weight excluding hydrogens is 328 g/mol.